The smallest absolute Gasteiger partial charge is 0.251 e. The molecule has 5 nitrogen and oxygen atoms in total. The molecule has 2 fully saturated rings. The van der Waals surface area contributed by atoms with Crippen LogP contribution in [0.3, 0.4) is 0 Å². The van der Waals surface area contributed by atoms with Gasteiger partial charge in [-0.3, -0.25) is 9.59 Å². The molecule has 1 saturated heterocycles. The van der Waals surface area contributed by atoms with E-state index in [1.54, 1.807) is 24.3 Å². The Balaban J connectivity index is 1.30. The van der Waals surface area contributed by atoms with Crippen LogP contribution < -0.4 is 10.6 Å². The molecule has 0 radical (unpaired) electrons. The lowest BCUT2D eigenvalue weighted by Crippen LogP contribution is -2.50. The number of likely N-dealkylation sites (tertiary alicyclic amines) is 1. The van der Waals surface area contributed by atoms with Crippen molar-refractivity contribution in [1.82, 2.24) is 10.2 Å². The van der Waals surface area contributed by atoms with Gasteiger partial charge in [-0.2, -0.15) is 0 Å². The summed E-state index contributed by atoms with van der Waals surface area (Å²) in [7, 11) is 0. The highest BCUT2D eigenvalue weighted by Gasteiger charge is 2.48. The number of hydrogen-bond acceptors (Lipinski definition) is 3. The molecule has 2 heterocycles. The fraction of sp³-hybridized carbons (Fsp3) is 0.355. The highest BCUT2D eigenvalue weighted by Crippen LogP contribution is 2.52. The molecule has 190 valence electrons. The van der Waals surface area contributed by atoms with Crippen LogP contribution in [0.5, 0.6) is 0 Å². The van der Waals surface area contributed by atoms with Crippen molar-refractivity contribution >= 4 is 17.5 Å². The van der Waals surface area contributed by atoms with Gasteiger partial charge >= 0.3 is 0 Å². The standard InChI is InChI=1S/C31H32FN3O2/c32-22-15-16-27-25(19-22)29-24(28(33-27)20-9-3-1-4-10-20)17-18-35(29)31(37)23-13-7-8-14-26(23)34-30(36)21-11-5-2-6-12-21/h1-6,9-12,15-16,19,23-24,26,28-29,33H,7-8,13-14,17-18H2,(H,34,36)/t23-,24+,26+,28-,29?/m0/s1. The second kappa shape index (κ2) is 10.0. The van der Waals surface area contributed by atoms with E-state index in [9.17, 15) is 14.0 Å². The van der Waals surface area contributed by atoms with Crippen LogP contribution in [-0.2, 0) is 4.79 Å². The third kappa shape index (κ3) is 4.50. The number of halogens is 1. The van der Waals surface area contributed by atoms with Crippen LogP contribution in [0.4, 0.5) is 10.1 Å². The largest absolute Gasteiger partial charge is 0.378 e. The Labute approximate surface area is 217 Å². The third-order valence-corrected chi connectivity index (χ3v) is 8.39. The van der Waals surface area contributed by atoms with Crippen LogP contribution in [0, 0.1) is 17.7 Å². The van der Waals surface area contributed by atoms with Crippen molar-refractivity contribution < 1.29 is 14.0 Å². The summed E-state index contributed by atoms with van der Waals surface area (Å²) >= 11 is 0. The van der Waals surface area contributed by atoms with Gasteiger partial charge in [0.25, 0.3) is 5.91 Å². The maximum Gasteiger partial charge on any atom is 0.251 e. The predicted molar refractivity (Wildman–Crippen MR) is 141 cm³/mol. The van der Waals surface area contributed by atoms with Gasteiger partial charge in [0.05, 0.1) is 18.0 Å². The Morgan fingerprint density at radius 1 is 0.892 bits per heavy atom. The highest BCUT2D eigenvalue weighted by atomic mass is 19.1. The minimum absolute atomic E-state index is 0.0434. The summed E-state index contributed by atoms with van der Waals surface area (Å²) in [6.45, 7) is 0.630. The van der Waals surface area contributed by atoms with Gasteiger partial charge in [-0.1, -0.05) is 61.4 Å². The summed E-state index contributed by atoms with van der Waals surface area (Å²) in [5, 5.41) is 6.81. The Morgan fingerprint density at radius 2 is 1.62 bits per heavy atom. The zero-order chi connectivity index (χ0) is 25.4. The number of nitrogens with one attached hydrogen (secondary N) is 2. The predicted octanol–water partition coefficient (Wildman–Crippen LogP) is 5.87. The maximum absolute atomic E-state index is 14.4. The zero-order valence-electron chi connectivity index (χ0n) is 20.8. The molecule has 0 aromatic heterocycles. The molecular formula is C31H32FN3O2. The van der Waals surface area contributed by atoms with Crippen molar-refractivity contribution in [3.05, 3.63) is 101 Å². The normalized spacial score (nSPS) is 26.5. The monoisotopic (exact) mass is 497 g/mol. The quantitative estimate of drug-likeness (QED) is 0.474. The van der Waals surface area contributed by atoms with Crippen molar-refractivity contribution in [2.24, 2.45) is 11.8 Å². The molecule has 5 atom stereocenters. The average Bonchev–Trinajstić information content (AvgIpc) is 3.39. The summed E-state index contributed by atoms with van der Waals surface area (Å²) < 4.78 is 14.4. The first kappa shape index (κ1) is 23.7. The molecule has 6 heteroatoms. The number of hydrogen-bond donors (Lipinski definition) is 2. The number of anilines is 1. The van der Waals surface area contributed by atoms with E-state index in [-0.39, 0.29) is 47.6 Å². The van der Waals surface area contributed by atoms with E-state index in [2.05, 4.69) is 22.8 Å². The maximum atomic E-state index is 14.4. The van der Waals surface area contributed by atoms with Crippen LogP contribution in [0.1, 0.15) is 65.7 Å². The fourth-order valence-electron chi connectivity index (χ4n) is 6.64. The third-order valence-electron chi connectivity index (χ3n) is 8.39. The highest BCUT2D eigenvalue weighted by molar-refractivity contribution is 5.95. The molecule has 2 amide bonds. The van der Waals surface area contributed by atoms with Crippen LogP contribution in [0.15, 0.2) is 78.9 Å². The van der Waals surface area contributed by atoms with Gasteiger partial charge in [-0.15, -0.1) is 0 Å². The van der Waals surface area contributed by atoms with E-state index in [0.29, 0.717) is 12.1 Å². The molecule has 6 rings (SSSR count). The molecule has 3 aliphatic rings. The first-order valence-electron chi connectivity index (χ1n) is 13.4. The molecule has 37 heavy (non-hydrogen) atoms. The van der Waals surface area contributed by atoms with Crippen molar-refractivity contribution in [2.75, 3.05) is 11.9 Å². The minimum atomic E-state index is -0.289. The number of carbonyl (C=O) groups is 2. The van der Waals surface area contributed by atoms with Gasteiger partial charge in [0, 0.05) is 35.3 Å². The molecule has 3 aromatic carbocycles. The molecular weight excluding hydrogens is 465 g/mol. The van der Waals surface area contributed by atoms with E-state index in [1.807, 2.05) is 41.3 Å². The summed E-state index contributed by atoms with van der Waals surface area (Å²) in [5.41, 5.74) is 3.51. The van der Waals surface area contributed by atoms with Crippen LogP contribution in [0.2, 0.25) is 0 Å². The van der Waals surface area contributed by atoms with E-state index in [0.717, 1.165) is 43.4 Å². The van der Waals surface area contributed by atoms with Crippen molar-refractivity contribution in [2.45, 2.75) is 50.2 Å². The van der Waals surface area contributed by atoms with Crippen molar-refractivity contribution in [3.8, 4) is 0 Å². The Hall–Kier alpha value is -3.67. The van der Waals surface area contributed by atoms with E-state index >= 15 is 0 Å². The Bertz CT molecular complexity index is 1280. The molecule has 0 bridgehead atoms. The number of fused-ring (bicyclic) bond motifs is 3. The molecule has 1 saturated carbocycles. The second-order valence-corrected chi connectivity index (χ2v) is 10.5. The number of rotatable bonds is 4. The lowest BCUT2D eigenvalue weighted by Gasteiger charge is -2.42. The van der Waals surface area contributed by atoms with Gasteiger partial charge in [0.1, 0.15) is 5.82 Å². The van der Waals surface area contributed by atoms with E-state index < -0.39 is 0 Å². The van der Waals surface area contributed by atoms with Gasteiger partial charge in [0.2, 0.25) is 5.91 Å². The number of carbonyl (C=O) groups excluding carboxylic acids is 2. The summed E-state index contributed by atoms with van der Waals surface area (Å²) in [4.78, 5) is 29.1. The second-order valence-electron chi connectivity index (χ2n) is 10.5. The fourth-order valence-corrected chi connectivity index (χ4v) is 6.64. The SMILES string of the molecule is O=C(N[C@@H]1CCCC[C@@H]1C(=O)N1CC[C@H]2C1c1cc(F)ccc1N[C@H]2c1ccccc1)c1ccccc1. The molecule has 1 aliphatic carbocycles. The minimum Gasteiger partial charge on any atom is -0.378 e. The summed E-state index contributed by atoms with van der Waals surface area (Å²) in [6, 6.07) is 24.0. The van der Waals surface area contributed by atoms with Crippen LogP contribution >= 0.6 is 0 Å². The lowest BCUT2D eigenvalue weighted by molar-refractivity contribution is -0.138. The van der Waals surface area contributed by atoms with Gasteiger partial charge in [0.15, 0.2) is 0 Å². The number of benzene rings is 3. The Morgan fingerprint density at radius 3 is 2.41 bits per heavy atom. The van der Waals surface area contributed by atoms with Crippen molar-refractivity contribution in [1.29, 1.82) is 0 Å². The van der Waals surface area contributed by atoms with E-state index in [1.165, 1.54) is 11.6 Å². The van der Waals surface area contributed by atoms with Gasteiger partial charge in [-0.25, -0.2) is 4.39 Å². The molecule has 0 spiro atoms. The Kier molecular flexibility index (Phi) is 6.41. The molecule has 1 unspecified atom stereocenters. The number of amides is 2. The molecule has 2 aliphatic heterocycles. The molecule has 2 N–H and O–H groups in total. The summed E-state index contributed by atoms with van der Waals surface area (Å²) in [5.74, 6) is -0.483. The van der Waals surface area contributed by atoms with Gasteiger partial charge < -0.3 is 15.5 Å². The molecule has 3 aromatic rings. The topological polar surface area (TPSA) is 61.4 Å². The van der Waals surface area contributed by atoms with Crippen LogP contribution in [0.25, 0.3) is 0 Å². The average molecular weight is 498 g/mol. The summed E-state index contributed by atoms with van der Waals surface area (Å²) in [6.07, 6.45) is 4.34. The first-order chi connectivity index (χ1) is 18.1. The lowest BCUT2D eigenvalue weighted by atomic mass is 9.79. The first-order valence-corrected chi connectivity index (χ1v) is 13.4. The van der Waals surface area contributed by atoms with E-state index in [4.69, 9.17) is 0 Å². The van der Waals surface area contributed by atoms with Gasteiger partial charge in [-0.05, 0) is 55.2 Å². The number of nitrogens with zero attached hydrogens (tertiary/aromatic N) is 1. The van der Waals surface area contributed by atoms with Crippen LogP contribution in [-0.4, -0.2) is 29.3 Å². The zero-order valence-corrected chi connectivity index (χ0v) is 20.8. The van der Waals surface area contributed by atoms with Crippen molar-refractivity contribution in [3.63, 3.8) is 0 Å².